The Balaban J connectivity index is 0.00000242. The first-order valence-corrected chi connectivity index (χ1v) is 8.71. The smallest absolute Gasteiger partial charge is 0.223 e. The van der Waals surface area contributed by atoms with Crippen LogP contribution in [0.4, 0.5) is 0 Å². The summed E-state index contributed by atoms with van der Waals surface area (Å²) in [5.41, 5.74) is 1.21. The van der Waals surface area contributed by atoms with Crippen molar-refractivity contribution in [2.24, 2.45) is 11.8 Å². The molecule has 1 aromatic rings. The molecule has 5 heteroatoms. The Bertz CT molecular complexity index is 464. The monoisotopic (exact) mass is 388 g/mol. The van der Waals surface area contributed by atoms with Gasteiger partial charge < -0.3 is 10.6 Å². The lowest BCUT2D eigenvalue weighted by Gasteiger charge is -2.24. The third-order valence-corrected chi connectivity index (χ3v) is 4.69. The number of halogens is 2. The van der Waals surface area contributed by atoms with Crippen LogP contribution in [-0.2, 0) is 11.2 Å². The van der Waals surface area contributed by atoms with Gasteiger partial charge in [-0.25, -0.2) is 0 Å². The van der Waals surface area contributed by atoms with E-state index in [1.165, 1.54) is 18.4 Å². The van der Waals surface area contributed by atoms with E-state index in [0.717, 1.165) is 36.9 Å². The fourth-order valence-electron chi connectivity index (χ4n) is 2.86. The minimum atomic E-state index is 0. The van der Waals surface area contributed by atoms with Gasteiger partial charge in [-0.3, -0.25) is 4.79 Å². The van der Waals surface area contributed by atoms with Gasteiger partial charge in [0.1, 0.15) is 0 Å². The van der Waals surface area contributed by atoms with Gasteiger partial charge in [0.05, 0.1) is 0 Å². The number of piperidine rings is 1. The van der Waals surface area contributed by atoms with Crippen LogP contribution in [0, 0.1) is 11.8 Å². The molecular formula is C17H26BrClN2O. The standard InChI is InChI=1S/C17H25BrN2O.ClH/c1-2-15(9-13-5-3-7-16(18)10-13)17(21)20-12-14-6-4-8-19-11-14;/h3,5,7,10,14-15,19H,2,4,6,8-9,11-12H2,1H3,(H,20,21);1H. The van der Waals surface area contributed by atoms with E-state index in [9.17, 15) is 4.79 Å². The summed E-state index contributed by atoms with van der Waals surface area (Å²) in [4.78, 5) is 12.4. The van der Waals surface area contributed by atoms with E-state index in [0.29, 0.717) is 5.92 Å². The highest BCUT2D eigenvalue weighted by atomic mass is 79.9. The number of hydrogen-bond donors (Lipinski definition) is 2. The minimum absolute atomic E-state index is 0. The third kappa shape index (κ3) is 6.27. The second-order valence-corrected chi connectivity index (χ2v) is 6.81. The first-order valence-electron chi connectivity index (χ1n) is 7.92. The van der Waals surface area contributed by atoms with Crippen molar-refractivity contribution in [1.29, 1.82) is 0 Å². The summed E-state index contributed by atoms with van der Waals surface area (Å²) in [5, 5.41) is 6.54. The van der Waals surface area contributed by atoms with Gasteiger partial charge in [0.25, 0.3) is 0 Å². The summed E-state index contributed by atoms with van der Waals surface area (Å²) >= 11 is 3.49. The molecule has 2 atom stereocenters. The number of benzene rings is 1. The molecule has 0 aliphatic carbocycles. The van der Waals surface area contributed by atoms with Gasteiger partial charge in [0, 0.05) is 16.9 Å². The van der Waals surface area contributed by atoms with Crippen molar-refractivity contribution in [3.05, 3.63) is 34.3 Å². The molecule has 3 nitrogen and oxygen atoms in total. The molecule has 0 spiro atoms. The summed E-state index contributed by atoms with van der Waals surface area (Å²) in [6.07, 6.45) is 4.12. The number of hydrogen-bond acceptors (Lipinski definition) is 2. The lowest BCUT2D eigenvalue weighted by atomic mass is 9.95. The average Bonchev–Trinajstić information content (AvgIpc) is 2.51. The van der Waals surface area contributed by atoms with Crippen molar-refractivity contribution in [2.75, 3.05) is 19.6 Å². The molecule has 124 valence electrons. The zero-order chi connectivity index (χ0) is 15.1. The first kappa shape index (κ1) is 19.5. The largest absolute Gasteiger partial charge is 0.356 e. The second kappa shape index (κ2) is 10.2. The summed E-state index contributed by atoms with van der Waals surface area (Å²) in [6.45, 7) is 5.04. The predicted molar refractivity (Wildman–Crippen MR) is 97.5 cm³/mol. The molecule has 1 aromatic carbocycles. The number of rotatable bonds is 6. The summed E-state index contributed by atoms with van der Waals surface area (Å²) in [6, 6.07) is 8.23. The lowest BCUT2D eigenvalue weighted by Crippen LogP contribution is -2.40. The van der Waals surface area contributed by atoms with Crippen LogP contribution in [0.5, 0.6) is 0 Å². The highest BCUT2D eigenvalue weighted by molar-refractivity contribution is 9.10. The lowest BCUT2D eigenvalue weighted by molar-refractivity contribution is -0.125. The fraction of sp³-hybridized carbons (Fsp3) is 0.588. The van der Waals surface area contributed by atoms with Gasteiger partial charge >= 0.3 is 0 Å². The summed E-state index contributed by atoms with van der Waals surface area (Å²) in [7, 11) is 0. The van der Waals surface area contributed by atoms with E-state index in [-0.39, 0.29) is 24.2 Å². The molecule has 2 N–H and O–H groups in total. The summed E-state index contributed by atoms with van der Waals surface area (Å²) < 4.78 is 1.07. The Morgan fingerprint density at radius 2 is 2.32 bits per heavy atom. The SMILES string of the molecule is CCC(Cc1cccc(Br)c1)C(=O)NCC1CCCNC1.Cl. The number of nitrogens with one attached hydrogen (secondary N) is 2. The Labute approximate surface area is 148 Å². The maximum absolute atomic E-state index is 12.4. The molecule has 2 unspecified atom stereocenters. The Morgan fingerprint density at radius 1 is 1.50 bits per heavy atom. The van der Waals surface area contributed by atoms with Gasteiger partial charge in [-0.05, 0) is 62.4 Å². The Morgan fingerprint density at radius 3 is 2.95 bits per heavy atom. The topological polar surface area (TPSA) is 41.1 Å². The highest BCUT2D eigenvalue weighted by Crippen LogP contribution is 2.17. The van der Waals surface area contributed by atoms with Crippen LogP contribution in [0.1, 0.15) is 31.7 Å². The molecule has 0 aromatic heterocycles. The molecule has 1 saturated heterocycles. The molecule has 0 saturated carbocycles. The van der Waals surface area contributed by atoms with Crippen LogP contribution >= 0.6 is 28.3 Å². The van der Waals surface area contributed by atoms with Crippen LogP contribution in [-0.4, -0.2) is 25.5 Å². The third-order valence-electron chi connectivity index (χ3n) is 4.20. The van der Waals surface area contributed by atoms with E-state index < -0.39 is 0 Å². The molecular weight excluding hydrogens is 364 g/mol. The predicted octanol–water partition coefficient (Wildman–Crippen LogP) is 3.56. The zero-order valence-electron chi connectivity index (χ0n) is 13.1. The van der Waals surface area contributed by atoms with E-state index in [4.69, 9.17) is 0 Å². The minimum Gasteiger partial charge on any atom is -0.356 e. The normalized spacial score (nSPS) is 19.1. The van der Waals surface area contributed by atoms with Crippen LogP contribution in [0.25, 0.3) is 0 Å². The highest BCUT2D eigenvalue weighted by Gasteiger charge is 2.19. The molecule has 2 rings (SSSR count). The van der Waals surface area contributed by atoms with Crippen molar-refractivity contribution in [1.82, 2.24) is 10.6 Å². The van der Waals surface area contributed by atoms with E-state index >= 15 is 0 Å². The Hall–Kier alpha value is -0.580. The molecule has 0 radical (unpaired) electrons. The van der Waals surface area contributed by atoms with Crippen molar-refractivity contribution in [2.45, 2.75) is 32.6 Å². The summed E-state index contributed by atoms with van der Waals surface area (Å²) in [5.74, 6) is 0.852. The molecule has 1 aliphatic rings. The molecule has 0 bridgehead atoms. The van der Waals surface area contributed by atoms with Crippen molar-refractivity contribution in [3.8, 4) is 0 Å². The maximum atomic E-state index is 12.4. The second-order valence-electron chi connectivity index (χ2n) is 5.90. The van der Waals surface area contributed by atoms with Crippen molar-refractivity contribution < 1.29 is 4.79 Å². The number of carbonyl (C=O) groups excluding carboxylic acids is 1. The van der Waals surface area contributed by atoms with E-state index in [1.807, 2.05) is 12.1 Å². The van der Waals surface area contributed by atoms with Crippen molar-refractivity contribution >= 4 is 34.2 Å². The zero-order valence-corrected chi connectivity index (χ0v) is 15.5. The van der Waals surface area contributed by atoms with Gasteiger partial charge in [0.2, 0.25) is 5.91 Å². The molecule has 1 heterocycles. The molecule has 1 fully saturated rings. The van der Waals surface area contributed by atoms with Gasteiger partial charge in [-0.15, -0.1) is 12.4 Å². The quantitative estimate of drug-likeness (QED) is 0.781. The van der Waals surface area contributed by atoms with Crippen LogP contribution in [0.15, 0.2) is 28.7 Å². The fourth-order valence-corrected chi connectivity index (χ4v) is 3.31. The molecule has 1 amide bonds. The van der Waals surface area contributed by atoms with Crippen LogP contribution < -0.4 is 10.6 Å². The molecule has 1 aliphatic heterocycles. The van der Waals surface area contributed by atoms with Gasteiger partial charge in [0.15, 0.2) is 0 Å². The molecule has 22 heavy (non-hydrogen) atoms. The Kier molecular flexibility index (Phi) is 9.06. The van der Waals surface area contributed by atoms with Crippen LogP contribution in [0.2, 0.25) is 0 Å². The van der Waals surface area contributed by atoms with Crippen LogP contribution in [0.3, 0.4) is 0 Å². The van der Waals surface area contributed by atoms with E-state index in [2.05, 4.69) is 45.6 Å². The number of carbonyl (C=O) groups is 1. The van der Waals surface area contributed by atoms with Crippen molar-refractivity contribution in [3.63, 3.8) is 0 Å². The number of amides is 1. The average molecular weight is 390 g/mol. The van der Waals surface area contributed by atoms with Gasteiger partial charge in [-0.1, -0.05) is 35.0 Å². The van der Waals surface area contributed by atoms with E-state index in [1.54, 1.807) is 0 Å². The van der Waals surface area contributed by atoms with Gasteiger partial charge in [-0.2, -0.15) is 0 Å². The first-order chi connectivity index (χ1) is 10.2. The maximum Gasteiger partial charge on any atom is 0.223 e.